The minimum absolute atomic E-state index is 0.222. The smallest absolute Gasteiger partial charge is 0.410 e. The number of nitrogens with zero attached hydrogens (tertiary/aromatic N) is 4. The zero-order valence-electron chi connectivity index (χ0n) is 13.2. The molecular formula is C13H24N4O2Si. The van der Waals surface area contributed by atoms with Crippen LogP contribution in [0.2, 0.25) is 19.6 Å². The number of likely N-dealkylation sites (tertiary alicyclic amines) is 1. The standard InChI is InChI=1S/C13H24N4O2Si/c1-13(2,3)19-12(18)16-7-10(8-16)17-9-11(14-15-17)20(4,5)6/h9-10H,7-8H2,1-6H3. The molecule has 0 spiro atoms. The van der Waals surface area contributed by atoms with Gasteiger partial charge in [-0.2, -0.15) is 0 Å². The number of hydrogen-bond donors (Lipinski definition) is 0. The van der Waals surface area contributed by atoms with Crippen LogP contribution in [0.25, 0.3) is 0 Å². The van der Waals surface area contributed by atoms with E-state index in [0.29, 0.717) is 13.1 Å². The molecular weight excluding hydrogens is 272 g/mol. The van der Waals surface area contributed by atoms with E-state index >= 15 is 0 Å². The monoisotopic (exact) mass is 296 g/mol. The third-order valence-corrected chi connectivity index (χ3v) is 4.93. The minimum atomic E-state index is -1.42. The Hall–Kier alpha value is -1.37. The number of amides is 1. The molecule has 0 aromatic carbocycles. The highest BCUT2D eigenvalue weighted by Crippen LogP contribution is 2.22. The van der Waals surface area contributed by atoms with Gasteiger partial charge in [-0.05, 0) is 20.8 Å². The number of carbonyl (C=O) groups excluding carboxylic acids is 1. The molecule has 0 aliphatic carbocycles. The summed E-state index contributed by atoms with van der Waals surface area (Å²) >= 11 is 0. The van der Waals surface area contributed by atoms with Gasteiger partial charge in [0.1, 0.15) is 13.7 Å². The van der Waals surface area contributed by atoms with E-state index in [-0.39, 0.29) is 12.1 Å². The second kappa shape index (κ2) is 4.87. The highest BCUT2D eigenvalue weighted by molar-refractivity contribution is 6.88. The van der Waals surface area contributed by atoms with E-state index in [2.05, 4.69) is 30.0 Å². The topological polar surface area (TPSA) is 60.2 Å². The number of carbonyl (C=O) groups is 1. The molecule has 1 aromatic heterocycles. The fourth-order valence-corrected chi connectivity index (χ4v) is 2.76. The summed E-state index contributed by atoms with van der Waals surface area (Å²) in [6.07, 6.45) is 1.78. The molecule has 0 unspecified atom stereocenters. The van der Waals surface area contributed by atoms with Crippen molar-refractivity contribution in [2.24, 2.45) is 0 Å². The maximum absolute atomic E-state index is 11.8. The molecule has 1 aromatic rings. The highest BCUT2D eigenvalue weighted by atomic mass is 28.3. The van der Waals surface area contributed by atoms with Gasteiger partial charge in [0.15, 0.2) is 0 Å². The Bertz CT molecular complexity index is 495. The first-order chi connectivity index (χ1) is 9.06. The lowest BCUT2D eigenvalue weighted by molar-refractivity contribution is -0.000609. The molecule has 2 rings (SSSR count). The molecule has 1 amide bonds. The van der Waals surface area contributed by atoms with Crippen molar-refractivity contribution >= 4 is 19.5 Å². The fraction of sp³-hybridized carbons (Fsp3) is 0.769. The van der Waals surface area contributed by atoms with Gasteiger partial charge in [0.25, 0.3) is 0 Å². The van der Waals surface area contributed by atoms with Crippen molar-refractivity contribution in [3.63, 3.8) is 0 Å². The Morgan fingerprint density at radius 3 is 2.40 bits per heavy atom. The summed E-state index contributed by atoms with van der Waals surface area (Å²) in [7, 11) is -1.42. The van der Waals surface area contributed by atoms with Gasteiger partial charge < -0.3 is 9.64 Å². The Morgan fingerprint density at radius 1 is 1.35 bits per heavy atom. The predicted molar refractivity (Wildman–Crippen MR) is 79.8 cm³/mol. The fourth-order valence-electron chi connectivity index (χ4n) is 1.90. The van der Waals surface area contributed by atoms with Crippen molar-refractivity contribution in [2.75, 3.05) is 13.1 Å². The molecule has 0 atom stereocenters. The van der Waals surface area contributed by atoms with Crippen LogP contribution in [-0.4, -0.2) is 52.8 Å². The molecule has 112 valence electrons. The van der Waals surface area contributed by atoms with Crippen LogP contribution >= 0.6 is 0 Å². The Morgan fingerprint density at radius 2 is 1.95 bits per heavy atom. The van der Waals surface area contributed by atoms with Gasteiger partial charge >= 0.3 is 6.09 Å². The number of aromatic nitrogens is 3. The molecule has 1 aliphatic heterocycles. The molecule has 1 aliphatic rings. The van der Waals surface area contributed by atoms with Gasteiger partial charge in [0.2, 0.25) is 0 Å². The van der Waals surface area contributed by atoms with Crippen molar-refractivity contribution in [2.45, 2.75) is 52.1 Å². The van der Waals surface area contributed by atoms with Crippen molar-refractivity contribution < 1.29 is 9.53 Å². The van der Waals surface area contributed by atoms with Crippen LogP contribution < -0.4 is 5.32 Å². The molecule has 6 nitrogen and oxygen atoms in total. The van der Waals surface area contributed by atoms with Crippen LogP contribution in [0.4, 0.5) is 4.79 Å². The first-order valence-corrected chi connectivity index (χ1v) is 10.5. The summed E-state index contributed by atoms with van der Waals surface area (Å²) in [4.78, 5) is 13.5. The first kappa shape index (κ1) is 15.0. The third kappa shape index (κ3) is 3.39. The predicted octanol–water partition coefficient (Wildman–Crippen LogP) is 1.62. The van der Waals surface area contributed by atoms with Gasteiger partial charge in [0, 0.05) is 19.3 Å². The first-order valence-electron chi connectivity index (χ1n) is 6.96. The van der Waals surface area contributed by atoms with E-state index in [0.717, 1.165) is 5.32 Å². The summed E-state index contributed by atoms with van der Waals surface area (Å²) in [5.41, 5.74) is -0.444. The summed E-state index contributed by atoms with van der Waals surface area (Å²) < 4.78 is 7.22. The number of rotatable bonds is 2. The van der Waals surface area contributed by atoms with Crippen molar-refractivity contribution in [1.82, 2.24) is 19.9 Å². The van der Waals surface area contributed by atoms with Crippen LogP contribution in [0.3, 0.4) is 0 Å². The maximum Gasteiger partial charge on any atom is 0.410 e. The van der Waals surface area contributed by atoms with Crippen LogP contribution in [0.1, 0.15) is 26.8 Å². The minimum Gasteiger partial charge on any atom is -0.444 e. The largest absolute Gasteiger partial charge is 0.444 e. The quantitative estimate of drug-likeness (QED) is 0.778. The Balaban J connectivity index is 1.90. The van der Waals surface area contributed by atoms with Gasteiger partial charge in [-0.25, -0.2) is 9.48 Å². The second-order valence-corrected chi connectivity index (χ2v) is 12.4. The molecule has 1 saturated heterocycles. The van der Waals surface area contributed by atoms with Crippen molar-refractivity contribution in [3.8, 4) is 0 Å². The number of ether oxygens (including phenoxy) is 1. The van der Waals surface area contributed by atoms with E-state index in [9.17, 15) is 4.79 Å². The summed E-state index contributed by atoms with van der Waals surface area (Å²) in [6.45, 7) is 13.6. The van der Waals surface area contributed by atoms with E-state index in [4.69, 9.17) is 4.74 Å². The van der Waals surface area contributed by atoms with Gasteiger partial charge in [-0.3, -0.25) is 0 Å². The van der Waals surface area contributed by atoms with Crippen molar-refractivity contribution in [1.29, 1.82) is 0 Å². The average Bonchev–Trinajstić information content (AvgIpc) is 2.60. The SMILES string of the molecule is CC(C)(C)OC(=O)N1CC(n2cc([Si](C)(C)C)nn2)C1. The molecule has 2 heterocycles. The lowest BCUT2D eigenvalue weighted by atomic mass is 10.1. The van der Waals surface area contributed by atoms with E-state index in [1.807, 2.05) is 31.6 Å². The molecule has 1 fully saturated rings. The Labute approximate surface area is 121 Å². The van der Waals surface area contributed by atoms with Crippen LogP contribution in [0.5, 0.6) is 0 Å². The molecule has 0 bridgehead atoms. The summed E-state index contributed by atoms with van der Waals surface area (Å²) in [6, 6.07) is 0.222. The molecule has 0 N–H and O–H groups in total. The number of hydrogen-bond acceptors (Lipinski definition) is 4. The van der Waals surface area contributed by atoms with Crippen LogP contribution in [-0.2, 0) is 4.74 Å². The zero-order valence-corrected chi connectivity index (χ0v) is 14.2. The van der Waals surface area contributed by atoms with Gasteiger partial charge in [0.05, 0.1) is 11.4 Å². The lowest BCUT2D eigenvalue weighted by Gasteiger charge is -2.39. The Kier molecular flexibility index (Phi) is 3.66. The zero-order chi connectivity index (χ0) is 15.1. The molecule has 20 heavy (non-hydrogen) atoms. The van der Waals surface area contributed by atoms with E-state index in [1.165, 1.54) is 0 Å². The van der Waals surface area contributed by atoms with Crippen LogP contribution in [0.15, 0.2) is 6.20 Å². The lowest BCUT2D eigenvalue weighted by Crippen LogP contribution is -2.52. The maximum atomic E-state index is 11.8. The van der Waals surface area contributed by atoms with Crippen LogP contribution in [0, 0.1) is 0 Å². The van der Waals surface area contributed by atoms with Gasteiger partial charge in [-0.15, -0.1) is 5.10 Å². The van der Waals surface area contributed by atoms with Crippen molar-refractivity contribution in [3.05, 3.63) is 6.20 Å². The highest BCUT2D eigenvalue weighted by Gasteiger charge is 2.36. The third-order valence-electron chi connectivity index (χ3n) is 3.17. The normalized spacial score (nSPS) is 17.0. The molecule has 0 saturated carbocycles. The molecule has 0 radical (unpaired) electrons. The summed E-state index contributed by atoms with van der Waals surface area (Å²) in [5.74, 6) is 0. The summed E-state index contributed by atoms with van der Waals surface area (Å²) in [5, 5.41) is 9.56. The van der Waals surface area contributed by atoms with Gasteiger partial charge in [-0.1, -0.05) is 24.9 Å². The average molecular weight is 296 g/mol. The van der Waals surface area contributed by atoms with E-state index < -0.39 is 13.7 Å². The van der Waals surface area contributed by atoms with E-state index in [1.54, 1.807) is 4.90 Å². The second-order valence-electron chi connectivity index (χ2n) is 7.37. The molecule has 7 heteroatoms.